The van der Waals surface area contributed by atoms with Crippen LogP contribution in [-0.4, -0.2) is 38.9 Å². The summed E-state index contributed by atoms with van der Waals surface area (Å²) in [7, 11) is 1.91. The highest BCUT2D eigenvalue weighted by Gasteiger charge is 2.38. The van der Waals surface area contributed by atoms with E-state index in [2.05, 4.69) is 10.3 Å². The first-order valence-electron chi connectivity index (χ1n) is 8.19. The van der Waals surface area contributed by atoms with E-state index in [-0.39, 0.29) is 23.8 Å². The third-order valence-corrected chi connectivity index (χ3v) is 4.78. The number of carbonyl (C=O) groups is 2. The number of aryl methyl sites for hydroxylation is 1. The number of imidazole rings is 1. The van der Waals surface area contributed by atoms with E-state index < -0.39 is 0 Å². The molecule has 2 atom stereocenters. The van der Waals surface area contributed by atoms with Gasteiger partial charge in [-0.3, -0.25) is 9.59 Å². The number of nitrogens with one attached hydrogen (secondary N) is 1. The normalized spacial score (nSPS) is 25.5. The fourth-order valence-corrected chi connectivity index (χ4v) is 3.68. The van der Waals surface area contributed by atoms with Crippen molar-refractivity contribution in [3.05, 3.63) is 18.2 Å². The van der Waals surface area contributed by atoms with Gasteiger partial charge in [0.05, 0.1) is 24.5 Å². The molecule has 1 saturated carbocycles. The Kier molecular flexibility index (Phi) is 4.45. The van der Waals surface area contributed by atoms with E-state index in [4.69, 9.17) is 0 Å². The first-order valence-corrected chi connectivity index (χ1v) is 8.19. The quantitative estimate of drug-likeness (QED) is 0.909. The highest BCUT2D eigenvalue weighted by molar-refractivity contribution is 5.82. The summed E-state index contributed by atoms with van der Waals surface area (Å²) < 4.78 is 1.87. The molecule has 2 aliphatic rings. The number of carbonyl (C=O) groups excluding carboxylic acids is 2. The fraction of sp³-hybridized carbons (Fsp3) is 0.688. The van der Waals surface area contributed by atoms with Gasteiger partial charge in [0.15, 0.2) is 0 Å². The average Bonchev–Trinajstić information content (AvgIpc) is 3.13. The molecular formula is C16H24N4O2. The van der Waals surface area contributed by atoms with Crippen molar-refractivity contribution >= 4 is 11.8 Å². The van der Waals surface area contributed by atoms with E-state index in [9.17, 15) is 9.59 Å². The molecule has 1 N–H and O–H groups in total. The van der Waals surface area contributed by atoms with E-state index in [1.54, 1.807) is 6.33 Å². The minimum Gasteiger partial charge on any atom is -0.350 e. The second kappa shape index (κ2) is 6.50. The maximum atomic E-state index is 12.6. The Morgan fingerprint density at radius 1 is 1.36 bits per heavy atom. The van der Waals surface area contributed by atoms with Crippen molar-refractivity contribution in [2.45, 2.75) is 51.1 Å². The van der Waals surface area contributed by atoms with Crippen molar-refractivity contribution in [1.82, 2.24) is 19.8 Å². The average molecular weight is 304 g/mol. The maximum Gasteiger partial charge on any atom is 0.225 e. The van der Waals surface area contributed by atoms with Gasteiger partial charge in [-0.2, -0.15) is 0 Å². The van der Waals surface area contributed by atoms with Gasteiger partial charge in [0, 0.05) is 32.3 Å². The third kappa shape index (κ3) is 3.15. The van der Waals surface area contributed by atoms with Crippen LogP contribution in [0.2, 0.25) is 0 Å². The van der Waals surface area contributed by atoms with Crippen molar-refractivity contribution in [2.75, 3.05) is 6.54 Å². The Morgan fingerprint density at radius 3 is 2.86 bits per heavy atom. The predicted octanol–water partition coefficient (Wildman–Crippen LogP) is 1.22. The zero-order chi connectivity index (χ0) is 15.5. The molecule has 1 aliphatic carbocycles. The Labute approximate surface area is 130 Å². The van der Waals surface area contributed by atoms with Crippen LogP contribution in [0, 0.1) is 5.92 Å². The van der Waals surface area contributed by atoms with Gasteiger partial charge in [0.1, 0.15) is 0 Å². The molecule has 120 valence electrons. The number of amides is 2. The van der Waals surface area contributed by atoms with Crippen molar-refractivity contribution in [2.24, 2.45) is 13.0 Å². The van der Waals surface area contributed by atoms with Crippen LogP contribution in [0.3, 0.4) is 0 Å². The van der Waals surface area contributed by atoms with Crippen LogP contribution in [0.4, 0.5) is 0 Å². The maximum absolute atomic E-state index is 12.6. The molecule has 0 spiro atoms. The van der Waals surface area contributed by atoms with Crippen molar-refractivity contribution in [3.8, 4) is 0 Å². The zero-order valence-electron chi connectivity index (χ0n) is 13.1. The second-order valence-electron chi connectivity index (χ2n) is 6.40. The van der Waals surface area contributed by atoms with Gasteiger partial charge in [-0.1, -0.05) is 12.8 Å². The summed E-state index contributed by atoms with van der Waals surface area (Å²) in [6.45, 7) is 1.27. The van der Waals surface area contributed by atoms with Crippen LogP contribution in [0.1, 0.15) is 44.2 Å². The van der Waals surface area contributed by atoms with Crippen LogP contribution >= 0.6 is 0 Å². The summed E-state index contributed by atoms with van der Waals surface area (Å²) in [6, 6.07) is 0.0903. The van der Waals surface area contributed by atoms with Gasteiger partial charge >= 0.3 is 0 Å². The van der Waals surface area contributed by atoms with Crippen molar-refractivity contribution in [1.29, 1.82) is 0 Å². The Hall–Kier alpha value is -1.85. The van der Waals surface area contributed by atoms with Crippen LogP contribution in [0.5, 0.6) is 0 Å². The first-order chi connectivity index (χ1) is 10.6. The van der Waals surface area contributed by atoms with E-state index in [1.165, 1.54) is 0 Å². The van der Waals surface area contributed by atoms with Crippen molar-refractivity contribution < 1.29 is 9.59 Å². The van der Waals surface area contributed by atoms with Gasteiger partial charge in [0.2, 0.25) is 11.8 Å². The van der Waals surface area contributed by atoms with Gasteiger partial charge in [0.25, 0.3) is 0 Å². The third-order valence-electron chi connectivity index (χ3n) is 4.78. The lowest BCUT2D eigenvalue weighted by atomic mass is 9.83. The molecule has 1 aromatic rings. The molecule has 22 heavy (non-hydrogen) atoms. The molecule has 1 aliphatic heterocycles. The molecule has 0 unspecified atom stereocenters. The molecule has 2 amide bonds. The second-order valence-corrected chi connectivity index (χ2v) is 6.40. The predicted molar refractivity (Wildman–Crippen MR) is 81.7 cm³/mol. The minimum atomic E-state index is -0.0699. The Morgan fingerprint density at radius 2 is 2.18 bits per heavy atom. The van der Waals surface area contributed by atoms with E-state index in [0.717, 1.165) is 44.3 Å². The molecule has 2 heterocycles. The van der Waals surface area contributed by atoms with E-state index in [1.807, 2.05) is 22.7 Å². The molecule has 1 aromatic heterocycles. The summed E-state index contributed by atoms with van der Waals surface area (Å²) in [5.41, 5.74) is 0.862. The van der Waals surface area contributed by atoms with E-state index in [0.29, 0.717) is 13.0 Å². The molecule has 6 nitrogen and oxygen atoms in total. The van der Waals surface area contributed by atoms with Gasteiger partial charge in [-0.25, -0.2) is 4.98 Å². The Balaban J connectivity index is 1.62. The van der Waals surface area contributed by atoms with E-state index >= 15 is 0 Å². The standard InChI is InChI=1S/C16H24N4O2/c1-19-10-12(18-11-19)9-17-16(22)13-5-2-3-6-14(13)20-8-4-7-15(20)21/h10-11,13-14H,2-9H2,1H3,(H,17,22)/t13-,14+/m1/s1. The van der Waals surface area contributed by atoms with Gasteiger partial charge in [-0.05, 0) is 19.3 Å². The number of nitrogens with zero attached hydrogens (tertiary/aromatic N) is 3. The number of hydrogen-bond acceptors (Lipinski definition) is 3. The lowest BCUT2D eigenvalue weighted by molar-refractivity contribution is -0.135. The number of likely N-dealkylation sites (tertiary alicyclic amines) is 1. The highest BCUT2D eigenvalue weighted by Crippen LogP contribution is 2.31. The van der Waals surface area contributed by atoms with Gasteiger partial charge < -0.3 is 14.8 Å². The number of rotatable bonds is 4. The lowest BCUT2D eigenvalue weighted by Crippen LogP contribution is -2.48. The van der Waals surface area contributed by atoms with Crippen LogP contribution in [-0.2, 0) is 23.2 Å². The first kappa shape index (κ1) is 15.1. The molecule has 0 bridgehead atoms. The fourth-order valence-electron chi connectivity index (χ4n) is 3.68. The number of hydrogen-bond donors (Lipinski definition) is 1. The number of aromatic nitrogens is 2. The minimum absolute atomic E-state index is 0.0649. The van der Waals surface area contributed by atoms with Crippen LogP contribution in [0.25, 0.3) is 0 Å². The lowest BCUT2D eigenvalue weighted by Gasteiger charge is -2.37. The Bertz CT molecular complexity index is 554. The molecule has 0 radical (unpaired) electrons. The topological polar surface area (TPSA) is 67.2 Å². The largest absolute Gasteiger partial charge is 0.350 e. The monoisotopic (exact) mass is 304 g/mol. The highest BCUT2D eigenvalue weighted by atomic mass is 16.2. The molecule has 0 aromatic carbocycles. The summed E-state index contributed by atoms with van der Waals surface area (Å²) in [5.74, 6) is 0.212. The molecule has 3 rings (SSSR count). The zero-order valence-corrected chi connectivity index (χ0v) is 13.1. The molecule has 2 fully saturated rings. The summed E-state index contributed by atoms with van der Waals surface area (Å²) in [6.07, 6.45) is 9.21. The van der Waals surface area contributed by atoms with Crippen molar-refractivity contribution in [3.63, 3.8) is 0 Å². The van der Waals surface area contributed by atoms with Crippen LogP contribution < -0.4 is 5.32 Å². The summed E-state index contributed by atoms with van der Waals surface area (Å²) in [4.78, 5) is 30.7. The van der Waals surface area contributed by atoms with Gasteiger partial charge in [-0.15, -0.1) is 0 Å². The molecular weight excluding hydrogens is 280 g/mol. The van der Waals surface area contributed by atoms with Crippen LogP contribution in [0.15, 0.2) is 12.5 Å². The molecule has 1 saturated heterocycles. The summed E-state index contributed by atoms with van der Waals surface area (Å²) in [5, 5.41) is 3.00. The molecule has 6 heteroatoms. The summed E-state index contributed by atoms with van der Waals surface area (Å²) >= 11 is 0. The smallest absolute Gasteiger partial charge is 0.225 e. The SMILES string of the molecule is Cn1cnc(CNC(=O)[C@@H]2CCCC[C@@H]2N2CCCC2=O)c1.